The lowest BCUT2D eigenvalue weighted by atomic mass is 9.93. The van der Waals surface area contributed by atoms with E-state index in [1.807, 2.05) is 18.7 Å². The molecule has 0 aromatic heterocycles. The summed E-state index contributed by atoms with van der Waals surface area (Å²) < 4.78 is 0. The van der Waals surface area contributed by atoms with Gasteiger partial charge in [-0.3, -0.25) is 4.79 Å². The highest BCUT2D eigenvalue weighted by Gasteiger charge is 2.26. The Bertz CT molecular complexity index is 358. The zero-order valence-electron chi connectivity index (χ0n) is 13.1. The van der Waals surface area contributed by atoms with Gasteiger partial charge in [-0.05, 0) is 47.0 Å². The van der Waals surface area contributed by atoms with E-state index in [0.717, 1.165) is 6.42 Å². The highest BCUT2D eigenvalue weighted by atomic mass is 16.4. The fourth-order valence-corrected chi connectivity index (χ4v) is 2.31. The Kier molecular flexibility index (Phi) is 8.15. The Hall–Kier alpha value is -1.36. The fraction of sp³-hybridized carbons (Fsp3) is 0.733. The zero-order valence-corrected chi connectivity index (χ0v) is 13.1. The molecule has 0 heterocycles. The van der Waals surface area contributed by atoms with Gasteiger partial charge in [-0.2, -0.15) is 0 Å². The molecule has 0 fully saturated rings. The Morgan fingerprint density at radius 2 is 1.80 bits per heavy atom. The SMILES string of the molecule is CC(=O)N(C(C)C)C1CC=C(C(=O)O)CC1.CC(C)O. The van der Waals surface area contributed by atoms with Gasteiger partial charge in [-0.25, -0.2) is 4.79 Å². The largest absolute Gasteiger partial charge is 0.478 e. The van der Waals surface area contributed by atoms with E-state index in [1.165, 1.54) is 0 Å². The predicted octanol–water partition coefficient (Wildman–Crippen LogP) is 2.19. The van der Waals surface area contributed by atoms with Gasteiger partial charge in [0, 0.05) is 30.7 Å². The van der Waals surface area contributed by atoms with Gasteiger partial charge in [0.1, 0.15) is 0 Å². The second-order valence-corrected chi connectivity index (χ2v) is 5.58. The molecule has 1 rings (SSSR count). The molecule has 5 heteroatoms. The van der Waals surface area contributed by atoms with Crippen LogP contribution in [0.25, 0.3) is 0 Å². The molecule has 1 unspecified atom stereocenters. The first-order valence-electron chi connectivity index (χ1n) is 7.06. The monoisotopic (exact) mass is 285 g/mol. The molecule has 1 aliphatic rings. The third kappa shape index (κ3) is 6.70. The minimum absolute atomic E-state index is 0.0622. The molecule has 1 atom stereocenters. The molecule has 0 aliphatic heterocycles. The van der Waals surface area contributed by atoms with E-state index in [-0.39, 0.29) is 24.1 Å². The first-order chi connectivity index (χ1) is 9.16. The number of amides is 1. The highest BCUT2D eigenvalue weighted by molar-refractivity contribution is 5.86. The van der Waals surface area contributed by atoms with Gasteiger partial charge in [0.05, 0.1) is 0 Å². The maximum Gasteiger partial charge on any atom is 0.331 e. The van der Waals surface area contributed by atoms with Crippen molar-refractivity contribution in [2.24, 2.45) is 0 Å². The number of hydrogen-bond acceptors (Lipinski definition) is 3. The third-order valence-electron chi connectivity index (χ3n) is 2.97. The van der Waals surface area contributed by atoms with Crippen molar-refractivity contribution < 1.29 is 19.8 Å². The van der Waals surface area contributed by atoms with Crippen LogP contribution in [0.15, 0.2) is 11.6 Å². The van der Waals surface area contributed by atoms with Gasteiger partial charge < -0.3 is 15.1 Å². The van der Waals surface area contributed by atoms with E-state index < -0.39 is 5.97 Å². The summed E-state index contributed by atoms with van der Waals surface area (Å²) in [4.78, 5) is 24.1. The smallest absolute Gasteiger partial charge is 0.331 e. The molecule has 1 aliphatic carbocycles. The summed E-state index contributed by atoms with van der Waals surface area (Å²) in [6, 6.07) is 0.322. The molecule has 0 saturated heterocycles. The van der Waals surface area contributed by atoms with Crippen molar-refractivity contribution >= 4 is 11.9 Å². The molecule has 0 bridgehead atoms. The van der Waals surface area contributed by atoms with Crippen molar-refractivity contribution in [3.05, 3.63) is 11.6 Å². The number of aliphatic hydroxyl groups excluding tert-OH is 1. The number of nitrogens with zero attached hydrogens (tertiary/aromatic N) is 1. The van der Waals surface area contributed by atoms with Gasteiger partial charge in [0.2, 0.25) is 5.91 Å². The summed E-state index contributed by atoms with van der Waals surface area (Å²) in [6.45, 7) is 8.98. The average Bonchev–Trinajstić information content (AvgIpc) is 2.27. The second kappa shape index (κ2) is 8.74. The third-order valence-corrected chi connectivity index (χ3v) is 2.97. The van der Waals surface area contributed by atoms with Crippen LogP contribution in [-0.2, 0) is 9.59 Å². The average molecular weight is 285 g/mol. The maximum absolute atomic E-state index is 11.5. The van der Waals surface area contributed by atoms with Crippen LogP contribution in [0.3, 0.4) is 0 Å². The zero-order chi connectivity index (χ0) is 15.9. The molecular weight excluding hydrogens is 258 g/mol. The lowest BCUT2D eigenvalue weighted by Gasteiger charge is -2.35. The maximum atomic E-state index is 11.5. The Labute approximate surface area is 121 Å². The van der Waals surface area contributed by atoms with Crippen LogP contribution in [-0.4, -0.2) is 45.2 Å². The summed E-state index contributed by atoms with van der Waals surface area (Å²) in [5.41, 5.74) is 0.475. The van der Waals surface area contributed by atoms with Crippen LogP contribution in [0.2, 0.25) is 0 Å². The Balaban J connectivity index is 0.000000796. The number of carbonyl (C=O) groups excluding carboxylic acids is 1. The summed E-state index contributed by atoms with van der Waals surface area (Å²) in [5.74, 6) is -0.774. The van der Waals surface area contributed by atoms with Crippen molar-refractivity contribution in [2.45, 2.75) is 72.1 Å². The number of aliphatic hydroxyl groups is 1. The van der Waals surface area contributed by atoms with Gasteiger partial charge in [0.15, 0.2) is 0 Å². The predicted molar refractivity (Wildman–Crippen MR) is 78.4 cm³/mol. The van der Waals surface area contributed by atoms with Crippen molar-refractivity contribution in [1.82, 2.24) is 4.90 Å². The lowest BCUT2D eigenvalue weighted by Crippen LogP contribution is -2.44. The first kappa shape index (κ1) is 18.6. The number of carboxylic acids is 1. The van der Waals surface area contributed by atoms with Crippen LogP contribution < -0.4 is 0 Å². The molecular formula is C15H27NO4. The molecule has 0 saturated carbocycles. The van der Waals surface area contributed by atoms with Crippen LogP contribution in [0, 0.1) is 0 Å². The molecule has 116 valence electrons. The molecule has 1 amide bonds. The molecule has 2 N–H and O–H groups in total. The van der Waals surface area contributed by atoms with E-state index in [9.17, 15) is 9.59 Å². The fourth-order valence-electron chi connectivity index (χ4n) is 2.31. The molecule has 0 aromatic rings. The van der Waals surface area contributed by atoms with Crippen LogP contribution in [0.4, 0.5) is 0 Å². The summed E-state index contributed by atoms with van der Waals surface area (Å²) in [5, 5.41) is 16.9. The van der Waals surface area contributed by atoms with E-state index in [2.05, 4.69) is 0 Å². The topological polar surface area (TPSA) is 77.8 Å². The van der Waals surface area contributed by atoms with Crippen molar-refractivity contribution in [3.63, 3.8) is 0 Å². The van der Waals surface area contributed by atoms with Crippen molar-refractivity contribution in [2.75, 3.05) is 0 Å². The number of carbonyl (C=O) groups is 2. The quantitative estimate of drug-likeness (QED) is 0.833. The second-order valence-electron chi connectivity index (χ2n) is 5.58. The number of carboxylic acid groups (broad SMARTS) is 1. The Morgan fingerprint density at radius 1 is 1.30 bits per heavy atom. The van der Waals surface area contributed by atoms with E-state index in [4.69, 9.17) is 10.2 Å². The van der Waals surface area contributed by atoms with E-state index >= 15 is 0 Å². The molecule has 0 radical (unpaired) electrons. The van der Waals surface area contributed by atoms with E-state index in [0.29, 0.717) is 18.4 Å². The van der Waals surface area contributed by atoms with Crippen LogP contribution in [0.5, 0.6) is 0 Å². The number of aliphatic carboxylic acids is 1. The van der Waals surface area contributed by atoms with Crippen LogP contribution in [0.1, 0.15) is 53.9 Å². The molecule has 0 spiro atoms. The number of rotatable bonds is 3. The standard InChI is InChI=1S/C12H19NO3.C3H8O/c1-8(2)13(9(3)14)11-6-4-10(5-7-11)12(15)16;1-3(2)4/h4,8,11H,5-7H2,1-3H3,(H,15,16);3-4H,1-2H3. The van der Waals surface area contributed by atoms with Crippen molar-refractivity contribution in [1.29, 1.82) is 0 Å². The first-order valence-corrected chi connectivity index (χ1v) is 7.06. The summed E-state index contributed by atoms with van der Waals surface area (Å²) in [7, 11) is 0. The van der Waals surface area contributed by atoms with Gasteiger partial charge in [0.25, 0.3) is 0 Å². The highest BCUT2D eigenvalue weighted by Crippen LogP contribution is 2.24. The summed E-state index contributed by atoms with van der Waals surface area (Å²) in [6.07, 6.45) is 3.53. The normalized spacial score (nSPS) is 18.2. The van der Waals surface area contributed by atoms with Crippen molar-refractivity contribution in [3.8, 4) is 0 Å². The van der Waals surface area contributed by atoms with Crippen LogP contribution >= 0.6 is 0 Å². The summed E-state index contributed by atoms with van der Waals surface area (Å²) >= 11 is 0. The van der Waals surface area contributed by atoms with Gasteiger partial charge >= 0.3 is 5.97 Å². The minimum atomic E-state index is -0.836. The number of hydrogen-bond donors (Lipinski definition) is 2. The Morgan fingerprint density at radius 3 is 2.05 bits per heavy atom. The molecule has 0 aromatic carbocycles. The van der Waals surface area contributed by atoms with Gasteiger partial charge in [-0.1, -0.05) is 6.08 Å². The van der Waals surface area contributed by atoms with E-state index in [1.54, 1.807) is 26.8 Å². The van der Waals surface area contributed by atoms with Gasteiger partial charge in [-0.15, -0.1) is 0 Å². The minimum Gasteiger partial charge on any atom is -0.478 e. The lowest BCUT2D eigenvalue weighted by molar-refractivity contribution is -0.133. The molecule has 5 nitrogen and oxygen atoms in total. The molecule has 20 heavy (non-hydrogen) atoms.